The van der Waals surface area contributed by atoms with Gasteiger partial charge in [-0.1, -0.05) is 0 Å². The van der Waals surface area contributed by atoms with Crippen LogP contribution in [0.2, 0.25) is 0 Å². The summed E-state index contributed by atoms with van der Waals surface area (Å²) in [5.41, 5.74) is 1.00. The maximum absolute atomic E-state index is 10.9. The summed E-state index contributed by atoms with van der Waals surface area (Å²) in [5.74, 6) is 0.479. The highest BCUT2D eigenvalue weighted by Gasteiger charge is 2.13. The number of furan rings is 1. The lowest BCUT2D eigenvalue weighted by Gasteiger charge is -2.05. The summed E-state index contributed by atoms with van der Waals surface area (Å²) in [6.45, 7) is 2.02. The highest BCUT2D eigenvalue weighted by Crippen LogP contribution is 2.18. The zero-order valence-corrected chi connectivity index (χ0v) is 10.6. The number of aryl methyl sites for hydroxylation is 1. The van der Waals surface area contributed by atoms with E-state index in [2.05, 4.69) is 10.3 Å². The van der Waals surface area contributed by atoms with Crippen LogP contribution < -0.4 is 10.1 Å². The van der Waals surface area contributed by atoms with Crippen molar-refractivity contribution in [1.82, 2.24) is 4.98 Å². The van der Waals surface area contributed by atoms with Crippen molar-refractivity contribution in [3.05, 3.63) is 41.5 Å². The smallest absolute Gasteiger partial charge is 0.339 e. The largest absolute Gasteiger partial charge is 0.481 e. The minimum absolute atomic E-state index is 0.184. The van der Waals surface area contributed by atoms with Gasteiger partial charge in [-0.05, 0) is 19.1 Å². The number of hydrogen-bond donors (Lipinski definition) is 2. The third kappa shape index (κ3) is 3.04. The zero-order valence-electron chi connectivity index (χ0n) is 10.6. The second kappa shape index (κ2) is 5.43. The van der Waals surface area contributed by atoms with E-state index in [1.54, 1.807) is 32.4 Å². The molecule has 100 valence electrons. The number of aromatic carboxylic acids is 1. The molecular formula is C13H14N2O4. The molecule has 0 fully saturated rings. The fourth-order valence-corrected chi connectivity index (χ4v) is 1.66. The molecule has 2 rings (SSSR count). The molecule has 0 amide bonds. The normalized spacial score (nSPS) is 10.2. The number of aromatic nitrogens is 1. The predicted octanol–water partition coefficient (Wildman–Crippen LogP) is 2.30. The topological polar surface area (TPSA) is 84.6 Å². The van der Waals surface area contributed by atoms with Crippen LogP contribution in [0.3, 0.4) is 0 Å². The van der Waals surface area contributed by atoms with Gasteiger partial charge in [0, 0.05) is 18.0 Å². The summed E-state index contributed by atoms with van der Waals surface area (Å²) in [7, 11) is 1.54. The monoisotopic (exact) mass is 262 g/mol. The van der Waals surface area contributed by atoms with Gasteiger partial charge < -0.3 is 19.6 Å². The van der Waals surface area contributed by atoms with E-state index in [4.69, 9.17) is 14.3 Å². The molecular weight excluding hydrogens is 248 g/mol. The van der Waals surface area contributed by atoms with Crippen LogP contribution in [0, 0.1) is 6.92 Å². The van der Waals surface area contributed by atoms with Crippen molar-refractivity contribution in [2.45, 2.75) is 13.5 Å². The molecule has 2 heterocycles. The number of carboxylic acid groups (broad SMARTS) is 1. The van der Waals surface area contributed by atoms with Crippen LogP contribution in [0.4, 0.5) is 5.69 Å². The average Bonchev–Trinajstić information content (AvgIpc) is 2.78. The van der Waals surface area contributed by atoms with Crippen LogP contribution in [-0.4, -0.2) is 23.2 Å². The van der Waals surface area contributed by atoms with E-state index in [0.717, 1.165) is 5.69 Å². The van der Waals surface area contributed by atoms with Crippen LogP contribution in [0.5, 0.6) is 5.88 Å². The summed E-state index contributed by atoms with van der Waals surface area (Å²) >= 11 is 0. The van der Waals surface area contributed by atoms with Gasteiger partial charge in [-0.3, -0.25) is 0 Å². The zero-order chi connectivity index (χ0) is 13.8. The number of carbonyl (C=O) groups is 1. The number of nitrogens with one attached hydrogen (secondary N) is 1. The van der Waals surface area contributed by atoms with E-state index in [0.29, 0.717) is 23.9 Å². The minimum atomic E-state index is -0.988. The van der Waals surface area contributed by atoms with Gasteiger partial charge in [-0.15, -0.1) is 0 Å². The predicted molar refractivity (Wildman–Crippen MR) is 68.5 cm³/mol. The van der Waals surface area contributed by atoms with Crippen molar-refractivity contribution < 1.29 is 19.1 Å². The number of anilines is 1. The first kappa shape index (κ1) is 12.9. The molecule has 0 radical (unpaired) electrons. The van der Waals surface area contributed by atoms with E-state index >= 15 is 0 Å². The van der Waals surface area contributed by atoms with Gasteiger partial charge in [0.25, 0.3) is 0 Å². The summed E-state index contributed by atoms with van der Waals surface area (Å²) in [4.78, 5) is 14.9. The molecule has 0 unspecified atom stereocenters. The van der Waals surface area contributed by atoms with E-state index in [1.807, 2.05) is 0 Å². The molecule has 0 saturated heterocycles. The summed E-state index contributed by atoms with van der Waals surface area (Å²) in [6, 6.07) is 5.05. The second-order valence-corrected chi connectivity index (χ2v) is 3.93. The number of carboxylic acids is 1. The Morgan fingerprint density at radius 2 is 2.32 bits per heavy atom. The Kier molecular flexibility index (Phi) is 3.70. The molecule has 0 spiro atoms. The van der Waals surface area contributed by atoms with E-state index < -0.39 is 5.97 Å². The number of hydrogen-bond acceptors (Lipinski definition) is 5. The lowest BCUT2D eigenvalue weighted by Crippen LogP contribution is -1.99. The molecule has 2 aromatic rings. The fourth-order valence-electron chi connectivity index (χ4n) is 1.66. The van der Waals surface area contributed by atoms with Gasteiger partial charge in [0.1, 0.15) is 17.1 Å². The van der Waals surface area contributed by atoms with E-state index in [-0.39, 0.29) is 5.56 Å². The van der Waals surface area contributed by atoms with Crippen molar-refractivity contribution >= 4 is 11.7 Å². The van der Waals surface area contributed by atoms with Gasteiger partial charge in [0.15, 0.2) is 0 Å². The standard InChI is InChI=1S/C13H14N2O4/c1-8-11(13(16)17)6-10(19-8)7-15-9-3-4-14-12(5-9)18-2/h3-6H,7H2,1-2H3,(H,14,15)(H,16,17). The highest BCUT2D eigenvalue weighted by atomic mass is 16.5. The molecule has 6 heteroatoms. The van der Waals surface area contributed by atoms with Crippen molar-refractivity contribution in [2.75, 3.05) is 12.4 Å². The van der Waals surface area contributed by atoms with Crippen molar-refractivity contribution in [2.24, 2.45) is 0 Å². The minimum Gasteiger partial charge on any atom is -0.481 e. The molecule has 0 aliphatic rings. The first-order chi connectivity index (χ1) is 9.10. The van der Waals surface area contributed by atoms with Crippen molar-refractivity contribution in [1.29, 1.82) is 0 Å². The molecule has 0 atom stereocenters. The molecule has 0 bridgehead atoms. The Hall–Kier alpha value is -2.50. The van der Waals surface area contributed by atoms with Crippen LogP contribution in [0.25, 0.3) is 0 Å². The van der Waals surface area contributed by atoms with Gasteiger partial charge in [-0.2, -0.15) is 0 Å². The summed E-state index contributed by atoms with van der Waals surface area (Å²) < 4.78 is 10.4. The van der Waals surface area contributed by atoms with Crippen LogP contribution in [0.15, 0.2) is 28.8 Å². The highest BCUT2D eigenvalue weighted by molar-refractivity contribution is 5.88. The first-order valence-electron chi connectivity index (χ1n) is 5.66. The molecule has 0 aliphatic heterocycles. The Labute approximate surface area is 110 Å². The number of pyridine rings is 1. The molecule has 2 N–H and O–H groups in total. The Balaban J connectivity index is 2.06. The van der Waals surface area contributed by atoms with Crippen LogP contribution in [0.1, 0.15) is 21.9 Å². The SMILES string of the molecule is COc1cc(NCc2cc(C(=O)O)c(C)o2)ccn1. The van der Waals surface area contributed by atoms with Crippen LogP contribution >= 0.6 is 0 Å². The number of nitrogens with zero attached hydrogens (tertiary/aromatic N) is 1. The van der Waals surface area contributed by atoms with Gasteiger partial charge in [0.05, 0.1) is 13.7 Å². The molecule has 6 nitrogen and oxygen atoms in total. The maximum atomic E-state index is 10.9. The molecule has 0 aliphatic carbocycles. The lowest BCUT2D eigenvalue weighted by atomic mass is 10.2. The van der Waals surface area contributed by atoms with Gasteiger partial charge in [0.2, 0.25) is 5.88 Å². The number of rotatable bonds is 5. The quantitative estimate of drug-likeness (QED) is 0.860. The first-order valence-corrected chi connectivity index (χ1v) is 5.66. The molecule has 0 aromatic carbocycles. The molecule has 0 saturated carbocycles. The summed E-state index contributed by atoms with van der Waals surface area (Å²) in [6.07, 6.45) is 1.62. The van der Waals surface area contributed by atoms with E-state index in [1.165, 1.54) is 6.07 Å². The fraction of sp³-hybridized carbons (Fsp3) is 0.231. The van der Waals surface area contributed by atoms with Gasteiger partial charge in [-0.25, -0.2) is 9.78 Å². The Morgan fingerprint density at radius 3 is 2.95 bits per heavy atom. The Bertz CT molecular complexity index is 592. The van der Waals surface area contributed by atoms with Crippen molar-refractivity contribution in [3.8, 4) is 5.88 Å². The van der Waals surface area contributed by atoms with Crippen molar-refractivity contribution in [3.63, 3.8) is 0 Å². The lowest BCUT2D eigenvalue weighted by molar-refractivity contribution is 0.0695. The number of ether oxygens (including phenoxy) is 1. The van der Waals surface area contributed by atoms with E-state index in [9.17, 15) is 4.79 Å². The Morgan fingerprint density at radius 1 is 1.53 bits per heavy atom. The summed E-state index contributed by atoms with van der Waals surface area (Å²) in [5, 5.41) is 12.0. The maximum Gasteiger partial charge on any atom is 0.339 e. The van der Waals surface area contributed by atoms with Gasteiger partial charge >= 0.3 is 5.97 Å². The molecule has 2 aromatic heterocycles. The number of methoxy groups -OCH3 is 1. The van der Waals surface area contributed by atoms with Crippen LogP contribution in [-0.2, 0) is 6.54 Å². The second-order valence-electron chi connectivity index (χ2n) is 3.93. The third-order valence-electron chi connectivity index (χ3n) is 2.61. The third-order valence-corrected chi connectivity index (χ3v) is 2.61. The average molecular weight is 262 g/mol. The molecule has 19 heavy (non-hydrogen) atoms.